The van der Waals surface area contributed by atoms with Crippen LogP contribution in [0.15, 0.2) is 0 Å². The molecule has 0 unspecified atom stereocenters. The van der Waals surface area contributed by atoms with Crippen molar-refractivity contribution in [3.63, 3.8) is 0 Å². The fourth-order valence-electron chi connectivity index (χ4n) is 1.98. The summed E-state index contributed by atoms with van der Waals surface area (Å²) in [5.74, 6) is 1.52. The van der Waals surface area contributed by atoms with Gasteiger partial charge in [0.15, 0.2) is 0 Å². The summed E-state index contributed by atoms with van der Waals surface area (Å²) in [4.78, 5) is 0. The Labute approximate surface area is 64.2 Å². The monoisotopic (exact) mass is 138 g/mol. The molecular weight excluding hydrogens is 123 g/mol. The lowest BCUT2D eigenvalue weighted by molar-refractivity contribution is 0.192. The first-order chi connectivity index (χ1) is 4.77. The molecule has 2 heteroatoms. The molecule has 0 aliphatic heterocycles. The van der Waals surface area contributed by atoms with Crippen LogP contribution in [0, 0.1) is 11.8 Å². The van der Waals surface area contributed by atoms with Crippen molar-refractivity contribution in [2.45, 2.75) is 32.0 Å². The van der Waals surface area contributed by atoms with Crippen LogP contribution < -0.4 is 0 Å². The zero-order chi connectivity index (χ0) is 7.56. The van der Waals surface area contributed by atoms with E-state index >= 15 is 0 Å². The van der Waals surface area contributed by atoms with Gasteiger partial charge in [-0.2, -0.15) is 0 Å². The van der Waals surface area contributed by atoms with Gasteiger partial charge in [-0.3, -0.25) is 0 Å². The molecule has 0 heterocycles. The zero-order valence-electron chi connectivity index (χ0n) is 6.59. The lowest BCUT2D eigenvalue weighted by Gasteiger charge is -2.13. The highest BCUT2D eigenvalue weighted by Gasteiger charge is 2.29. The Bertz CT molecular complexity index is 93.4. The van der Waals surface area contributed by atoms with E-state index in [-0.39, 0.29) is 0 Å². The van der Waals surface area contributed by atoms with Gasteiger partial charge in [0.25, 0.3) is 0 Å². The summed E-state index contributed by atoms with van der Waals surface area (Å²) in [6, 6.07) is 0. The number of aliphatic hydroxyl groups excluding tert-OH is 1. The molecule has 0 bridgehead atoms. The Morgan fingerprint density at radius 2 is 2.00 bits per heavy atom. The third-order valence-electron chi connectivity index (χ3n) is 2.64. The molecule has 1 N–H and O–H groups in total. The van der Waals surface area contributed by atoms with Crippen LogP contribution in [0.3, 0.4) is 0 Å². The van der Waals surface area contributed by atoms with E-state index in [1.165, 1.54) is 6.42 Å². The van der Waals surface area contributed by atoms with Gasteiger partial charge in [0.2, 0.25) is 0 Å². The zero-order valence-corrected chi connectivity index (χ0v) is 6.59. The number of aliphatic hydroxyl groups is 1. The normalized spacial score (nSPS) is 40.4. The van der Waals surface area contributed by atoms with Crippen molar-refractivity contribution in [1.82, 2.24) is 0 Å². The molecule has 10 heavy (non-hydrogen) atoms. The summed E-state index contributed by atoms with van der Waals surface area (Å²) in [5.41, 5.74) is 0. The molecule has 0 saturated heterocycles. The summed E-state index contributed by atoms with van der Waals surface area (Å²) in [6.07, 6.45) is 3.30. The van der Waals surface area contributed by atoms with Gasteiger partial charge in [0.1, 0.15) is 0 Å². The van der Waals surface area contributed by atoms with Crippen molar-refractivity contribution in [3.8, 4) is 0 Å². The Hall–Kier alpha value is 0.0249. The van der Waals surface area contributed by atoms with Gasteiger partial charge in [0.05, 0.1) is 7.85 Å². The van der Waals surface area contributed by atoms with Crippen LogP contribution in [0.25, 0.3) is 0 Å². The molecule has 0 aromatic heterocycles. The molecule has 1 saturated carbocycles. The molecule has 1 nitrogen and oxygen atoms in total. The van der Waals surface area contributed by atoms with Gasteiger partial charge >= 0.3 is 0 Å². The van der Waals surface area contributed by atoms with Crippen molar-refractivity contribution in [1.29, 1.82) is 0 Å². The summed E-state index contributed by atoms with van der Waals surface area (Å²) in [5, 5.41) is 8.93. The Morgan fingerprint density at radius 3 is 2.40 bits per heavy atom. The standard InChI is InChI=1S/C8H15BO/c1-2-6-3-8(9)4-7(6)5-10/h6-8,10H,2-5H2,1H3/t6-,7-,8+/m0/s1. The van der Waals surface area contributed by atoms with E-state index in [2.05, 4.69) is 6.92 Å². The van der Waals surface area contributed by atoms with Crippen molar-refractivity contribution < 1.29 is 5.11 Å². The van der Waals surface area contributed by atoms with E-state index in [1.807, 2.05) is 0 Å². The lowest BCUT2D eigenvalue weighted by Crippen LogP contribution is -2.10. The van der Waals surface area contributed by atoms with Gasteiger partial charge in [0, 0.05) is 6.61 Å². The Morgan fingerprint density at radius 1 is 1.40 bits per heavy atom. The van der Waals surface area contributed by atoms with E-state index in [9.17, 15) is 0 Å². The first-order valence-electron chi connectivity index (χ1n) is 4.14. The van der Waals surface area contributed by atoms with Crippen molar-refractivity contribution >= 4 is 7.85 Å². The second-order valence-electron chi connectivity index (χ2n) is 3.34. The largest absolute Gasteiger partial charge is 0.396 e. The van der Waals surface area contributed by atoms with Crippen LogP contribution in [0.5, 0.6) is 0 Å². The SMILES string of the molecule is [B][C@H]1C[C@@H](CO)[C@@H](CC)C1. The minimum Gasteiger partial charge on any atom is -0.396 e. The number of hydrogen-bond donors (Lipinski definition) is 1. The van der Waals surface area contributed by atoms with Gasteiger partial charge < -0.3 is 5.11 Å². The molecule has 1 aliphatic rings. The summed E-state index contributed by atoms with van der Waals surface area (Å²) >= 11 is 0. The number of rotatable bonds is 2. The Balaban J connectivity index is 2.41. The molecule has 0 amide bonds. The summed E-state index contributed by atoms with van der Waals surface area (Å²) < 4.78 is 0. The third kappa shape index (κ3) is 1.54. The second kappa shape index (κ2) is 3.43. The minimum absolute atomic E-state index is 0.326. The predicted molar refractivity (Wildman–Crippen MR) is 43.1 cm³/mol. The highest BCUT2D eigenvalue weighted by atomic mass is 16.3. The fourth-order valence-corrected chi connectivity index (χ4v) is 1.98. The van der Waals surface area contributed by atoms with Gasteiger partial charge in [-0.25, -0.2) is 0 Å². The van der Waals surface area contributed by atoms with Crippen LogP contribution in [0.4, 0.5) is 0 Å². The molecule has 0 aromatic carbocycles. The number of hydrogen-bond acceptors (Lipinski definition) is 1. The first-order valence-corrected chi connectivity index (χ1v) is 4.14. The van der Waals surface area contributed by atoms with Gasteiger partial charge in [-0.05, 0) is 11.8 Å². The molecule has 0 spiro atoms. The predicted octanol–water partition coefficient (Wildman–Crippen LogP) is 1.37. The van der Waals surface area contributed by atoms with Crippen LogP contribution in [0.1, 0.15) is 26.2 Å². The lowest BCUT2D eigenvalue weighted by atomic mass is 9.85. The van der Waals surface area contributed by atoms with Crippen LogP contribution in [-0.2, 0) is 0 Å². The molecule has 0 aromatic rings. The van der Waals surface area contributed by atoms with E-state index in [4.69, 9.17) is 13.0 Å². The van der Waals surface area contributed by atoms with E-state index in [0.717, 1.165) is 12.8 Å². The molecule has 1 fully saturated rings. The van der Waals surface area contributed by atoms with E-state index in [1.54, 1.807) is 0 Å². The quantitative estimate of drug-likeness (QED) is 0.571. The summed E-state index contributed by atoms with van der Waals surface area (Å²) in [6.45, 7) is 2.50. The van der Waals surface area contributed by atoms with Crippen LogP contribution in [0.2, 0.25) is 5.82 Å². The molecular formula is C8H15BO. The molecule has 3 atom stereocenters. The highest BCUT2D eigenvalue weighted by molar-refractivity contribution is 6.11. The van der Waals surface area contributed by atoms with Crippen molar-refractivity contribution in [2.24, 2.45) is 11.8 Å². The van der Waals surface area contributed by atoms with Crippen LogP contribution in [-0.4, -0.2) is 19.6 Å². The molecule has 1 aliphatic carbocycles. The maximum atomic E-state index is 8.93. The average molecular weight is 138 g/mol. The van der Waals surface area contributed by atoms with Crippen molar-refractivity contribution in [3.05, 3.63) is 0 Å². The third-order valence-corrected chi connectivity index (χ3v) is 2.64. The molecule has 56 valence electrons. The smallest absolute Gasteiger partial charge is 0.0699 e. The van der Waals surface area contributed by atoms with Crippen LogP contribution >= 0.6 is 0 Å². The summed E-state index contributed by atoms with van der Waals surface area (Å²) in [7, 11) is 5.76. The average Bonchev–Trinajstić information content (AvgIpc) is 2.30. The van der Waals surface area contributed by atoms with E-state index in [0.29, 0.717) is 24.3 Å². The molecule has 1 rings (SSSR count). The fraction of sp³-hybridized carbons (Fsp3) is 1.00. The van der Waals surface area contributed by atoms with Gasteiger partial charge in [-0.1, -0.05) is 32.0 Å². The van der Waals surface area contributed by atoms with Crippen molar-refractivity contribution in [2.75, 3.05) is 6.61 Å². The topological polar surface area (TPSA) is 20.2 Å². The maximum Gasteiger partial charge on any atom is 0.0699 e. The Kier molecular flexibility index (Phi) is 2.78. The maximum absolute atomic E-state index is 8.93. The van der Waals surface area contributed by atoms with E-state index < -0.39 is 0 Å². The second-order valence-corrected chi connectivity index (χ2v) is 3.34. The highest BCUT2D eigenvalue weighted by Crippen LogP contribution is 2.39. The molecule has 2 radical (unpaired) electrons. The van der Waals surface area contributed by atoms with Gasteiger partial charge in [-0.15, -0.1) is 0 Å². The minimum atomic E-state index is 0.326. The first kappa shape index (κ1) is 8.12.